The quantitative estimate of drug-likeness (QED) is 0.0172. The van der Waals surface area contributed by atoms with E-state index in [0.29, 0.717) is 55.0 Å². The Morgan fingerprint density at radius 2 is 1.32 bits per heavy atom. The van der Waals surface area contributed by atoms with Crippen molar-refractivity contribution in [1.82, 2.24) is 5.32 Å². The minimum absolute atomic E-state index is 0.0279. The Bertz CT molecular complexity index is 2580. The molecule has 1 amide bonds. The van der Waals surface area contributed by atoms with Crippen LogP contribution in [0.25, 0.3) is 33.4 Å². The maximum absolute atomic E-state index is 13.1. The fourth-order valence-electron chi connectivity index (χ4n) is 7.90. The van der Waals surface area contributed by atoms with Crippen LogP contribution in [0.15, 0.2) is 63.8 Å². The number of aromatic carboxylic acids is 1. The van der Waals surface area contributed by atoms with Gasteiger partial charge in [-0.15, -0.1) is 0 Å². The van der Waals surface area contributed by atoms with E-state index in [0.717, 1.165) is 25.7 Å². The summed E-state index contributed by atoms with van der Waals surface area (Å²) in [5.41, 5.74) is 0.949. The van der Waals surface area contributed by atoms with Crippen molar-refractivity contribution >= 4 is 50.4 Å². The molecule has 1 saturated carbocycles. The SMILES string of the molecule is CCCCCCCC(=O)O[C@H](COC(=O)CCCCCCCNC(=O)c1ccc(-c2c3ccc(=O)cc-3oc3cc(O)ccc23)c(C(=O)O)c1)COP(=O)(O)OC1[C@H](O)[C@H](O)C(OP(=O)(O)O)[C@H](O)[C@H]1O. The smallest absolute Gasteiger partial charge is 0.472 e. The fraction of sp³-hybridized carbons (Fsp3) is 0.500. The van der Waals surface area contributed by atoms with Crippen LogP contribution in [0.3, 0.4) is 0 Å². The number of aliphatic hydroxyl groups excluding tert-OH is 4. The highest BCUT2D eigenvalue weighted by molar-refractivity contribution is 7.47. The Morgan fingerprint density at radius 3 is 1.97 bits per heavy atom. The second-order valence-corrected chi connectivity index (χ2v) is 19.6. The standard InChI is InChI=1S/C46H59NO22P2/c1-2-3-4-6-10-13-37(51)66-29(25-65-71(62,63)69-44-41(54)39(52)43(40(53)42(44)55)68-70(59,60)61)24-64-36(50)12-9-7-5-8-11-20-47-45(56)26-14-17-30(33(21-26)46(57)58)38-31-18-15-27(48)22-34(31)67-35-23-28(49)16-19-32(35)38/h14-19,21-23,29,39-44,48,52-55H,2-13,20,24-25H2,1H3,(H,47,56)(H,57,58)(H,62,63)(H2,59,60,61)/t29-,39-,40+,41-,42-,43?,44?/m1/s1. The lowest BCUT2D eigenvalue weighted by Crippen LogP contribution is -2.64. The van der Waals surface area contributed by atoms with Crippen molar-refractivity contribution in [1.29, 1.82) is 0 Å². The number of unbranched alkanes of at least 4 members (excludes halogenated alkanes) is 8. The van der Waals surface area contributed by atoms with Crippen molar-refractivity contribution in [3.05, 3.63) is 75.9 Å². The molecule has 3 aliphatic rings. The molecule has 71 heavy (non-hydrogen) atoms. The van der Waals surface area contributed by atoms with Crippen molar-refractivity contribution in [2.24, 2.45) is 0 Å². The van der Waals surface area contributed by atoms with Crippen LogP contribution < -0.4 is 10.7 Å². The van der Waals surface area contributed by atoms with Gasteiger partial charge in [0, 0.05) is 53.6 Å². The first kappa shape index (κ1) is 56.8. The Hall–Kier alpha value is -5.13. The van der Waals surface area contributed by atoms with E-state index < -0.39 is 95.4 Å². The van der Waals surface area contributed by atoms with E-state index in [1.165, 1.54) is 48.5 Å². The normalized spacial score (nSPS) is 20.6. The van der Waals surface area contributed by atoms with Crippen LogP contribution in [0, 0.1) is 0 Å². The van der Waals surface area contributed by atoms with Crippen molar-refractivity contribution in [2.45, 2.75) is 127 Å². The summed E-state index contributed by atoms with van der Waals surface area (Å²) in [5, 5.41) is 64.9. The van der Waals surface area contributed by atoms with Crippen LogP contribution >= 0.6 is 15.6 Å². The summed E-state index contributed by atoms with van der Waals surface area (Å²) in [6.45, 7) is 0.758. The van der Waals surface area contributed by atoms with Gasteiger partial charge in [0.2, 0.25) is 0 Å². The number of fused-ring (bicyclic) bond motifs is 2. The number of carboxylic acid groups (broad SMARTS) is 1. The summed E-state index contributed by atoms with van der Waals surface area (Å²) in [4.78, 5) is 91.7. The maximum atomic E-state index is 13.1. The number of phenols is 1. The van der Waals surface area contributed by atoms with E-state index in [2.05, 4.69) is 9.84 Å². The molecule has 0 radical (unpaired) electrons. The number of amides is 1. The third-order valence-corrected chi connectivity index (χ3v) is 13.0. The number of benzene rings is 3. The van der Waals surface area contributed by atoms with Gasteiger partial charge in [0.25, 0.3) is 5.91 Å². The number of carboxylic acids is 1. The number of phosphoric ester groups is 2. The minimum atomic E-state index is -5.35. The molecule has 3 unspecified atom stereocenters. The number of phenolic OH excluding ortho intramolecular Hbond substituents is 1. The number of hydrogen-bond donors (Lipinski definition) is 10. The lowest BCUT2D eigenvalue weighted by molar-refractivity contribution is -0.216. The predicted octanol–water partition coefficient (Wildman–Crippen LogP) is 4.29. The number of rotatable bonds is 27. The number of hydrogen-bond acceptors (Lipinski definition) is 18. The largest absolute Gasteiger partial charge is 0.508 e. The number of carbonyl (C=O) groups is 4. The molecular weight excluding hydrogens is 980 g/mol. The summed E-state index contributed by atoms with van der Waals surface area (Å²) in [6.07, 6.45) is -8.47. The summed E-state index contributed by atoms with van der Waals surface area (Å²) in [5.74, 6) is -3.16. The van der Waals surface area contributed by atoms with Crippen molar-refractivity contribution < 1.29 is 101 Å². The number of carbonyl (C=O) groups excluding carboxylic acids is 3. The molecule has 2 aliphatic carbocycles. The highest BCUT2D eigenvalue weighted by atomic mass is 31.2. The molecule has 1 heterocycles. The zero-order valence-corrected chi connectivity index (χ0v) is 40.4. The van der Waals surface area contributed by atoms with Crippen LogP contribution in [0.4, 0.5) is 0 Å². The second-order valence-electron chi connectivity index (χ2n) is 17.0. The van der Waals surface area contributed by atoms with Gasteiger partial charge in [-0.2, -0.15) is 0 Å². The number of ether oxygens (including phenoxy) is 2. The number of aliphatic hydroxyl groups is 4. The lowest BCUT2D eigenvalue weighted by atomic mass is 9.85. The summed E-state index contributed by atoms with van der Waals surface area (Å²) >= 11 is 0. The zero-order valence-electron chi connectivity index (χ0n) is 38.6. The Labute approximate surface area is 406 Å². The molecule has 10 N–H and O–H groups in total. The second kappa shape index (κ2) is 26.0. The third-order valence-electron chi connectivity index (χ3n) is 11.5. The van der Waals surface area contributed by atoms with Gasteiger partial charge in [-0.3, -0.25) is 32.7 Å². The number of phosphoric acid groups is 2. The van der Waals surface area contributed by atoms with Gasteiger partial charge >= 0.3 is 33.6 Å². The predicted molar refractivity (Wildman–Crippen MR) is 249 cm³/mol. The Balaban J connectivity index is 1.08. The molecule has 0 saturated heterocycles. The van der Waals surface area contributed by atoms with Gasteiger partial charge in [0.1, 0.15) is 60.3 Å². The van der Waals surface area contributed by atoms with Crippen molar-refractivity contribution in [3.63, 3.8) is 0 Å². The molecule has 8 atom stereocenters. The van der Waals surface area contributed by atoms with E-state index in [4.69, 9.17) is 32.7 Å². The van der Waals surface area contributed by atoms with E-state index in [1.54, 1.807) is 6.07 Å². The highest BCUT2D eigenvalue weighted by Crippen LogP contribution is 2.49. The average molecular weight is 1040 g/mol. The van der Waals surface area contributed by atoms with Gasteiger partial charge in [0.05, 0.1) is 12.2 Å². The molecule has 0 bridgehead atoms. The molecule has 390 valence electrons. The van der Waals surface area contributed by atoms with Gasteiger partial charge < -0.3 is 64.5 Å². The third kappa shape index (κ3) is 16.4. The molecule has 5 rings (SSSR count). The van der Waals surface area contributed by atoms with Crippen LogP contribution in [-0.4, -0.2) is 132 Å². The molecule has 2 aromatic carbocycles. The first-order chi connectivity index (χ1) is 33.6. The van der Waals surface area contributed by atoms with Gasteiger partial charge in [-0.05, 0) is 61.2 Å². The first-order valence-corrected chi connectivity index (χ1v) is 25.9. The molecular formula is C46H59NO22P2. The Kier molecular flexibility index (Phi) is 20.8. The summed E-state index contributed by atoms with van der Waals surface area (Å²) in [7, 11) is -10.7. The van der Waals surface area contributed by atoms with Gasteiger partial charge in [-0.1, -0.05) is 57.9 Å². The van der Waals surface area contributed by atoms with Gasteiger partial charge in [0.15, 0.2) is 11.5 Å². The number of nitrogens with one attached hydrogen (secondary N) is 1. The van der Waals surface area contributed by atoms with Crippen LogP contribution in [0.2, 0.25) is 0 Å². The highest BCUT2D eigenvalue weighted by Gasteiger charge is 2.54. The van der Waals surface area contributed by atoms with Crippen molar-refractivity contribution in [2.75, 3.05) is 19.8 Å². The molecule has 1 fully saturated rings. The van der Waals surface area contributed by atoms with Crippen LogP contribution in [-0.2, 0) is 41.8 Å². The zero-order chi connectivity index (χ0) is 52.0. The number of aromatic hydroxyl groups is 1. The molecule has 2 aromatic rings. The van der Waals surface area contributed by atoms with E-state index in [1.807, 2.05) is 6.92 Å². The van der Waals surface area contributed by atoms with Crippen molar-refractivity contribution in [3.8, 4) is 28.2 Å². The molecule has 1 aliphatic heterocycles. The fourth-order valence-corrected chi connectivity index (χ4v) is 9.44. The Morgan fingerprint density at radius 1 is 0.718 bits per heavy atom. The van der Waals surface area contributed by atoms with Crippen LogP contribution in [0.1, 0.15) is 105 Å². The summed E-state index contributed by atoms with van der Waals surface area (Å²) in [6, 6.07) is 12.7. The molecule has 0 aromatic heterocycles. The first-order valence-electron chi connectivity index (χ1n) is 22.9. The monoisotopic (exact) mass is 1040 g/mol. The van der Waals surface area contributed by atoms with E-state index in [-0.39, 0.29) is 58.6 Å². The minimum Gasteiger partial charge on any atom is -0.508 e. The van der Waals surface area contributed by atoms with E-state index >= 15 is 0 Å². The maximum Gasteiger partial charge on any atom is 0.472 e. The number of esters is 2. The van der Waals surface area contributed by atoms with Crippen LogP contribution in [0.5, 0.6) is 5.75 Å². The summed E-state index contributed by atoms with van der Waals surface area (Å²) < 4.78 is 54.6. The average Bonchev–Trinajstić information content (AvgIpc) is 3.31. The van der Waals surface area contributed by atoms with E-state index in [9.17, 15) is 68.6 Å². The topological polar surface area (TPSA) is 373 Å². The lowest BCUT2D eigenvalue weighted by Gasteiger charge is -2.43. The molecule has 23 nitrogen and oxygen atoms in total. The molecule has 0 spiro atoms. The molecule has 25 heteroatoms. The van der Waals surface area contributed by atoms with Gasteiger partial charge in [-0.25, -0.2) is 13.9 Å².